The maximum absolute atomic E-state index is 6.25. The average Bonchev–Trinajstić information content (AvgIpc) is 3.10. The smallest absolute Gasteiger partial charge is 0.196 e. The molecule has 2 fully saturated rings. The molecule has 0 saturated carbocycles. The Labute approximate surface area is 127 Å². The highest BCUT2D eigenvalue weighted by Gasteiger charge is 2.56. The summed E-state index contributed by atoms with van der Waals surface area (Å²) in [6.45, 7) is 3.24. The summed E-state index contributed by atoms with van der Waals surface area (Å²) < 4.78 is 1.09. The Hall–Kier alpha value is -1.07. The second-order valence-corrected chi connectivity index (χ2v) is 6.86. The van der Waals surface area contributed by atoms with Crippen LogP contribution in [0.15, 0.2) is 33.7 Å². The molecule has 2 unspecified atom stereocenters. The van der Waals surface area contributed by atoms with Crippen molar-refractivity contribution < 1.29 is 0 Å². The first-order chi connectivity index (χ1) is 9.72. The van der Waals surface area contributed by atoms with Gasteiger partial charge in [-0.3, -0.25) is 9.89 Å². The molecular formula is C15H19BrN4. The highest BCUT2D eigenvalue weighted by Crippen LogP contribution is 2.45. The fraction of sp³-hybridized carbons (Fsp3) is 0.533. The van der Waals surface area contributed by atoms with E-state index in [1.165, 1.54) is 25.9 Å². The SMILES string of the molecule is NC1=NCC2(CCN3CCCC32)N1c1ccccc1Br. The van der Waals surface area contributed by atoms with Crippen molar-refractivity contribution in [2.75, 3.05) is 24.5 Å². The first kappa shape index (κ1) is 12.7. The molecule has 0 radical (unpaired) electrons. The predicted molar refractivity (Wildman–Crippen MR) is 85.1 cm³/mol. The number of rotatable bonds is 1. The van der Waals surface area contributed by atoms with Gasteiger partial charge in [0, 0.05) is 17.1 Å². The molecule has 3 aliphatic rings. The Bertz CT molecular complexity index is 573. The quantitative estimate of drug-likeness (QED) is 0.856. The second kappa shape index (κ2) is 4.46. The van der Waals surface area contributed by atoms with Crippen molar-refractivity contribution in [1.82, 2.24) is 4.90 Å². The van der Waals surface area contributed by atoms with Crippen molar-refractivity contribution >= 4 is 27.6 Å². The van der Waals surface area contributed by atoms with E-state index in [1.54, 1.807) is 0 Å². The Morgan fingerprint density at radius 1 is 1.30 bits per heavy atom. The molecule has 1 spiro atoms. The first-order valence-electron chi connectivity index (χ1n) is 7.31. The van der Waals surface area contributed by atoms with E-state index in [4.69, 9.17) is 5.73 Å². The maximum atomic E-state index is 6.25. The third-order valence-corrected chi connectivity index (χ3v) is 5.77. The molecule has 4 nitrogen and oxygen atoms in total. The van der Waals surface area contributed by atoms with E-state index in [-0.39, 0.29) is 5.54 Å². The molecule has 2 N–H and O–H groups in total. The highest BCUT2D eigenvalue weighted by molar-refractivity contribution is 9.10. The van der Waals surface area contributed by atoms with E-state index in [2.05, 4.69) is 48.9 Å². The van der Waals surface area contributed by atoms with Crippen molar-refractivity contribution in [1.29, 1.82) is 0 Å². The van der Waals surface area contributed by atoms with Gasteiger partial charge in [-0.25, -0.2) is 0 Å². The highest BCUT2D eigenvalue weighted by atomic mass is 79.9. The molecule has 1 aromatic rings. The Morgan fingerprint density at radius 2 is 2.15 bits per heavy atom. The number of aliphatic imine (C=N–C) groups is 1. The number of anilines is 1. The van der Waals surface area contributed by atoms with Crippen LogP contribution in [0.2, 0.25) is 0 Å². The van der Waals surface area contributed by atoms with Crippen LogP contribution in [0.3, 0.4) is 0 Å². The summed E-state index contributed by atoms with van der Waals surface area (Å²) in [6.07, 6.45) is 3.73. The Kier molecular flexibility index (Phi) is 2.82. The van der Waals surface area contributed by atoms with E-state index < -0.39 is 0 Å². The maximum Gasteiger partial charge on any atom is 0.196 e. The standard InChI is InChI=1S/C15H19BrN4/c16-11-4-1-2-5-12(11)20-14(17)18-10-15(20)7-9-19-8-3-6-13(15)19/h1-2,4-5,13H,3,6-10H2,(H2,17,18). The van der Waals surface area contributed by atoms with E-state index in [9.17, 15) is 0 Å². The van der Waals surface area contributed by atoms with Crippen LogP contribution in [0, 0.1) is 0 Å². The number of guanidine groups is 1. The average molecular weight is 335 g/mol. The van der Waals surface area contributed by atoms with Crippen LogP contribution in [0.4, 0.5) is 5.69 Å². The fourth-order valence-corrected chi connectivity index (χ4v) is 4.70. The van der Waals surface area contributed by atoms with Gasteiger partial charge in [0.05, 0.1) is 17.8 Å². The molecule has 0 aromatic heterocycles. The molecule has 0 amide bonds. The summed E-state index contributed by atoms with van der Waals surface area (Å²) in [4.78, 5) is 9.53. The Morgan fingerprint density at radius 3 is 3.00 bits per heavy atom. The molecule has 20 heavy (non-hydrogen) atoms. The van der Waals surface area contributed by atoms with Gasteiger partial charge >= 0.3 is 0 Å². The van der Waals surface area contributed by atoms with Gasteiger partial charge in [0.1, 0.15) is 0 Å². The van der Waals surface area contributed by atoms with Gasteiger partial charge < -0.3 is 10.6 Å². The largest absolute Gasteiger partial charge is 0.369 e. The van der Waals surface area contributed by atoms with Gasteiger partial charge in [0.15, 0.2) is 5.96 Å². The summed E-state index contributed by atoms with van der Waals surface area (Å²) >= 11 is 3.67. The molecule has 4 rings (SSSR count). The first-order valence-corrected chi connectivity index (χ1v) is 8.10. The summed E-state index contributed by atoms with van der Waals surface area (Å²) in [5.41, 5.74) is 7.48. The van der Waals surface area contributed by atoms with Crippen molar-refractivity contribution in [2.24, 2.45) is 10.7 Å². The third-order valence-electron chi connectivity index (χ3n) is 5.10. The lowest BCUT2D eigenvalue weighted by Crippen LogP contribution is -2.58. The van der Waals surface area contributed by atoms with E-state index in [0.29, 0.717) is 12.0 Å². The van der Waals surface area contributed by atoms with Crippen LogP contribution in [-0.2, 0) is 0 Å². The van der Waals surface area contributed by atoms with Crippen LogP contribution in [0.5, 0.6) is 0 Å². The van der Waals surface area contributed by atoms with Crippen molar-refractivity contribution in [2.45, 2.75) is 30.8 Å². The van der Waals surface area contributed by atoms with Gasteiger partial charge in [-0.15, -0.1) is 0 Å². The summed E-state index contributed by atoms with van der Waals surface area (Å²) in [7, 11) is 0. The van der Waals surface area contributed by atoms with Crippen LogP contribution in [0.25, 0.3) is 0 Å². The van der Waals surface area contributed by atoms with Gasteiger partial charge in [-0.2, -0.15) is 0 Å². The summed E-state index contributed by atoms with van der Waals surface area (Å²) in [6, 6.07) is 8.92. The zero-order valence-corrected chi connectivity index (χ0v) is 13.0. The molecule has 106 valence electrons. The second-order valence-electron chi connectivity index (χ2n) is 6.01. The lowest BCUT2D eigenvalue weighted by atomic mass is 9.87. The van der Waals surface area contributed by atoms with E-state index >= 15 is 0 Å². The number of nitrogens with two attached hydrogens (primary N) is 1. The molecule has 3 aliphatic heterocycles. The van der Waals surface area contributed by atoms with Crippen LogP contribution < -0.4 is 10.6 Å². The summed E-state index contributed by atoms with van der Waals surface area (Å²) in [5.74, 6) is 0.672. The number of nitrogens with zero attached hydrogens (tertiary/aromatic N) is 3. The minimum atomic E-state index is 0.0739. The zero-order chi connectivity index (χ0) is 13.7. The molecule has 2 saturated heterocycles. The number of para-hydroxylation sites is 1. The van der Waals surface area contributed by atoms with Crippen LogP contribution >= 0.6 is 15.9 Å². The third kappa shape index (κ3) is 1.59. The van der Waals surface area contributed by atoms with Gasteiger partial charge in [-0.1, -0.05) is 12.1 Å². The van der Waals surface area contributed by atoms with Gasteiger partial charge in [0.25, 0.3) is 0 Å². The number of benzene rings is 1. The monoisotopic (exact) mass is 334 g/mol. The number of hydrogen-bond acceptors (Lipinski definition) is 4. The lowest BCUT2D eigenvalue weighted by molar-refractivity contribution is 0.274. The van der Waals surface area contributed by atoms with Crippen molar-refractivity contribution in [3.05, 3.63) is 28.7 Å². The van der Waals surface area contributed by atoms with E-state index in [0.717, 1.165) is 23.1 Å². The lowest BCUT2D eigenvalue weighted by Gasteiger charge is -2.40. The molecule has 0 aliphatic carbocycles. The normalized spacial score (nSPS) is 33.0. The molecule has 0 bridgehead atoms. The Balaban J connectivity index is 1.80. The minimum Gasteiger partial charge on any atom is -0.369 e. The fourth-order valence-electron chi connectivity index (χ4n) is 4.24. The van der Waals surface area contributed by atoms with Gasteiger partial charge in [0.2, 0.25) is 0 Å². The molecule has 1 aromatic carbocycles. The molecule has 2 atom stereocenters. The van der Waals surface area contributed by atoms with Crippen LogP contribution in [-0.4, -0.2) is 42.1 Å². The minimum absolute atomic E-state index is 0.0739. The van der Waals surface area contributed by atoms with Crippen molar-refractivity contribution in [3.63, 3.8) is 0 Å². The zero-order valence-electron chi connectivity index (χ0n) is 11.4. The van der Waals surface area contributed by atoms with Crippen LogP contribution in [0.1, 0.15) is 19.3 Å². The molecule has 5 heteroatoms. The topological polar surface area (TPSA) is 44.9 Å². The van der Waals surface area contributed by atoms with Gasteiger partial charge in [-0.05, 0) is 53.9 Å². The van der Waals surface area contributed by atoms with E-state index in [1.807, 2.05) is 6.07 Å². The van der Waals surface area contributed by atoms with Crippen molar-refractivity contribution in [3.8, 4) is 0 Å². The molecule has 3 heterocycles. The number of hydrogen-bond donors (Lipinski definition) is 1. The number of halogens is 1. The molecular weight excluding hydrogens is 316 g/mol. The summed E-state index contributed by atoms with van der Waals surface area (Å²) in [5, 5.41) is 0. The number of fused-ring (bicyclic) bond motifs is 2. The predicted octanol–water partition coefficient (Wildman–Crippen LogP) is 2.19.